The Morgan fingerprint density at radius 1 is 1.17 bits per heavy atom. The van der Waals surface area contributed by atoms with Crippen LogP contribution in [0.25, 0.3) is 16.8 Å². The SMILES string of the molecule is COc1cc(C)n(C)c(=O)c1-c1ccc(C[C@H](NC(=O)c2c(F)cc(N3CCOC[C@@H]3C(F)(F)F)cc2F)C(C)=O)n2ccnc12. The van der Waals surface area contributed by atoms with Gasteiger partial charge in [0, 0.05) is 61.1 Å². The molecule has 4 aromatic rings. The minimum absolute atomic E-state index is 0.0846. The predicted molar refractivity (Wildman–Crippen MR) is 157 cm³/mol. The fourth-order valence-electron chi connectivity index (χ4n) is 5.49. The number of fused-ring (bicyclic) bond motifs is 1. The Morgan fingerprint density at radius 3 is 2.50 bits per heavy atom. The number of methoxy groups -OCH3 is 1. The fourth-order valence-corrected chi connectivity index (χ4v) is 5.49. The monoisotopic (exact) mass is 647 g/mol. The first kappa shape index (κ1) is 32.6. The molecule has 0 radical (unpaired) electrons. The molecule has 0 aliphatic carbocycles. The van der Waals surface area contributed by atoms with Crippen molar-refractivity contribution in [1.82, 2.24) is 19.3 Å². The normalized spacial score (nSPS) is 16.0. The number of hydrogen-bond acceptors (Lipinski definition) is 7. The lowest BCUT2D eigenvalue weighted by molar-refractivity contribution is -0.167. The molecule has 0 bridgehead atoms. The maximum absolute atomic E-state index is 15.2. The van der Waals surface area contributed by atoms with Crippen LogP contribution in [0.3, 0.4) is 0 Å². The van der Waals surface area contributed by atoms with E-state index >= 15 is 8.78 Å². The van der Waals surface area contributed by atoms with Crippen molar-refractivity contribution in [1.29, 1.82) is 0 Å². The van der Waals surface area contributed by atoms with Gasteiger partial charge in [0.2, 0.25) is 0 Å². The number of Topliss-reactive ketones (excluding diaryl/α,β-unsaturated/α-hetero) is 1. The maximum Gasteiger partial charge on any atom is 0.411 e. The van der Waals surface area contributed by atoms with E-state index in [-0.39, 0.29) is 30.7 Å². The van der Waals surface area contributed by atoms with Crippen LogP contribution in [0.15, 0.2) is 47.5 Å². The van der Waals surface area contributed by atoms with Gasteiger partial charge in [0.05, 0.1) is 31.9 Å². The van der Waals surface area contributed by atoms with E-state index in [1.807, 2.05) is 0 Å². The number of halogens is 5. The number of amides is 1. The lowest BCUT2D eigenvalue weighted by atomic mass is 10.0. The Morgan fingerprint density at radius 2 is 1.87 bits per heavy atom. The second kappa shape index (κ2) is 12.5. The number of ketones is 1. The molecule has 1 amide bonds. The number of aromatic nitrogens is 3. The summed E-state index contributed by atoms with van der Waals surface area (Å²) in [6.45, 7) is 1.89. The first-order valence-electron chi connectivity index (χ1n) is 14.1. The number of benzene rings is 1. The lowest BCUT2D eigenvalue weighted by Crippen LogP contribution is -2.53. The molecule has 1 fully saturated rings. The highest BCUT2D eigenvalue weighted by molar-refractivity contribution is 5.98. The second-order valence-electron chi connectivity index (χ2n) is 10.9. The summed E-state index contributed by atoms with van der Waals surface area (Å²) >= 11 is 0. The molecule has 2 atom stereocenters. The third kappa shape index (κ3) is 6.06. The number of pyridine rings is 2. The highest BCUT2D eigenvalue weighted by Gasteiger charge is 2.46. The predicted octanol–water partition coefficient (Wildman–Crippen LogP) is 3.99. The number of anilines is 1. The first-order chi connectivity index (χ1) is 21.7. The molecule has 15 heteroatoms. The molecule has 0 unspecified atom stereocenters. The van der Waals surface area contributed by atoms with Crippen LogP contribution in [0.2, 0.25) is 0 Å². The van der Waals surface area contributed by atoms with Crippen LogP contribution in [0.1, 0.15) is 28.7 Å². The molecule has 5 rings (SSSR count). The number of ether oxygens (including phenoxy) is 2. The summed E-state index contributed by atoms with van der Waals surface area (Å²) in [5.74, 6) is -4.24. The molecule has 46 heavy (non-hydrogen) atoms. The zero-order valence-electron chi connectivity index (χ0n) is 25.2. The number of aryl methyl sites for hydroxylation is 1. The average molecular weight is 648 g/mol. The van der Waals surface area contributed by atoms with Crippen molar-refractivity contribution in [3.8, 4) is 16.9 Å². The summed E-state index contributed by atoms with van der Waals surface area (Å²) in [5.41, 5.74) is 0.464. The largest absolute Gasteiger partial charge is 0.496 e. The van der Waals surface area contributed by atoms with Gasteiger partial charge in [-0.2, -0.15) is 13.2 Å². The Bertz CT molecular complexity index is 1860. The molecule has 1 aliphatic rings. The van der Waals surface area contributed by atoms with Crippen LogP contribution in [0, 0.1) is 18.6 Å². The number of hydrogen-bond donors (Lipinski definition) is 1. The standard InChI is InChI=1S/C31H30F5N5O5/c1-16-11-24(45-4)26(30(44)39(16)3)20-6-5-18(41-8-7-37-28(20)41)14-23(17(2)42)38-29(43)27-21(32)12-19(13-22(27)33)40-9-10-46-15-25(40)31(34,35)36/h5-8,11-13,23,25H,9-10,14-15H2,1-4H3,(H,38,43)/t23-,25+/m0/s1. The molecule has 0 spiro atoms. The average Bonchev–Trinajstić information content (AvgIpc) is 3.50. The third-order valence-corrected chi connectivity index (χ3v) is 8.06. The van der Waals surface area contributed by atoms with Gasteiger partial charge in [-0.15, -0.1) is 0 Å². The number of nitrogens with zero attached hydrogens (tertiary/aromatic N) is 4. The topological polar surface area (TPSA) is 107 Å². The fraction of sp³-hybridized carbons (Fsp3) is 0.355. The van der Waals surface area contributed by atoms with Gasteiger partial charge in [0.25, 0.3) is 11.5 Å². The Hall–Kier alpha value is -4.79. The van der Waals surface area contributed by atoms with E-state index in [2.05, 4.69) is 10.3 Å². The third-order valence-electron chi connectivity index (χ3n) is 8.06. The van der Waals surface area contributed by atoms with Crippen molar-refractivity contribution >= 4 is 23.0 Å². The van der Waals surface area contributed by atoms with E-state index in [1.165, 1.54) is 24.8 Å². The first-order valence-corrected chi connectivity index (χ1v) is 14.1. The van der Waals surface area contributed by atoms with Crippen LogP contribution in [-0.4, -0.2) is 70.8 Å². The molecule has 1 N–H and O–H groups in total. The molecular weight excluding hydrogens is 617 g/mol. The van der Waals surface area contributed by atoms with E-state index in [9.17, 15) is 27.6 Å². The number of carbonyl (C=O) groups is 2. The van der Waals surface area contributed by atoms with Crippen molar-refractivity contribution in [3.05, 3.63) is 81.7 Å². The molecule has 0 saturated carbocycles. The van der Waals surface area contributed by atoms with Gasteiger partial charge in [0.15, 0.2) is 5.78 Å². The van der Waals surface area contributed by atoms with Gasteiger partial charge in [-0.1, -0.05) is 0 Å². The van der Waals surface area contributed by atoms with Gasteiger partial charge in [-0.3, -0.25) is 14.4 Å². The smallest absolute Gasteiger partial charge is 0.411 e. The van der Waals surface area contributed by atoms with Crippen LogP contribution in [0.5, 0.6) is 5.75 Å². The Balaban J connectivity index is 1.43. The molecule has 4 heterocycles. The quantitative estimate of drug-likeness (QED) is 0.289. The number of imidazole rings is 1. The van der Waals surface area contributed by atoms with E-state index < -0.39 is 59.4 Å². The summed E-state index contributed by atoms with van der Waals surface area (Å²) in [5, 5.41) is 2.35. The van der Waals surface area contributed by atoms with E-state index in [0.29, 0.717) is 40.5 Å². The van der Waals surface area contributed by atoms with Crippen LogP contribution in [-0.2, 0) is 23.0 Å². The number of rotatable bonds is 8. The van der Waals surface area contributed by atoms with Crippen LogP contribution >= 0.6 is 0 Å². The Kier molecular flexibility index (Phi) is 8.89. The molecule has 10 nitrogen and oxygen atoms in total. The van der Waals surface area contributed by atoms with Crippen molar-refractivity contribution in [2.75, 3.05) is 31.8 Å². The number of nitrogens with one attached hydrogen (secondary N) is 1. The highest BCUT2D eigenvalue weighted by atomic mass is 19.4. The molecular formula is C31H30F5N5O5. The van der Waals surface area contributed by atoms with Crippen molar-refractivity contribution < 1.29 is 41.0 Å². The molecule has 3 aromatic heterocycles. The maximum atomic E-state index is 15.2. The van der Waals surface area contributed by atoms with Gasteiger partial charge >= 0.3 is 6.18 Å². The molecule has 1 aliphatic heterocycles. The number of carbonyl (C=O) groups excluding carboxylic acids is 2. The van der Waals surface area contributed by atoms with E-state index in [0.717, 1.165) is 4.90 Å². The number of alkyl halides is 3. The summed E-state index contributed by atoms with van der Waals surface area (Å²) in [6, 6.07) is 2.90. The number of morpholine rings is 1. The van der Waals surface area contributed by atoms with Crippen LogP contribution < -0.4 is 20.5 Å². The summed E-state index contributed by atoms with van der Waals surface area (Å²) in [4.78, 5) is 44.1. The zero-order valence-corrected chi connectivity index (χ0v) is 25.2. The molecule has 1 aromatic carbocycles. The highest BCUT2D eigenvalue weighted by Crippen LogP contribution is 2.33. The van der Waals surface area contributed by atoms with E-state index in [4.69, 9.17) is 9.47 Å². The summed E-state index contributed by atoms with van der Waals surface area (Å²) in [7, 11) is 3.06. The van der Waals surface area contributed by atoms with Crippen molar-refractivity contribution in [2.45, 2.75) is 38.5 Å². The molecule has 1 saturated heterocycles. The Labute approximate surface area is 259 Å². The van der Waals surface area contributed by atoms with Gasteiger partial charge in [0.1, 0.15) is 34.6 Å². The van der Waals surface area contributed by atoms with E-state index in [1.54, 1.807) is 42.8 Å². The minimum Gasteiger partial charge on any atom is -0.496 e. The van der Waals surface area contributed by atoms with Gasteiger partial charge < -0.3 is 28.7 Å². The van der Waals surface area contributed by atoms with Crippen LogP contribution in [0.4, 0.5) is 27.6 Å². The van der Waals surface area contributed by atoms with Crippen molar-refractivity contribution in [3.63, 3.8) is 0 Å². The summed E-state index contributed by atoms with van der Waals surface area (Å²) < 4.78 is 84.3. The minimum atomic E-state index is -4.72. The van der Waals surface area contributed by atoms with Crippen molar-refractivity contribution in [2.24, 2.45) is 7.05 Å². The summed E-state index contributed by atoms with van der Waals surface area (Å²) in [6.07, 6.45) is -1.77. The molecule has 244 valence electrons. The lowest BCUT2D eigenvalue weighted by Gasteiger charge is -2.38. The van der Waals surface area contributed by atoms with Gasteiger partial charge in [-0.05, 0) is 38.1 Å². The van der Waals surface area contributed by atoms with Gasteiger partial charge in [-0.25, -0.2) is 13.8 Å². The second-order valence-corrected chi connectivity index (χ2v) is 10.9. The zero-order chi connectivity index (χ0) is 33.5.